The third-order valence-corrected chi connectivity index (χ3v) is 8.20. The van der Waals surface area contributed by atoms with Gasteiger partial charge in [-0.3, -0.25) is 14.5 Å². The lowest BCUT2D eigenvalue weighted by Gasteiger charge is -2.50. The van der Waals surface area contributed by atoms with Gasteiger partial charge in [0.15, 0.2) is 10.8 Å². The maximum absolute atomic E-state index is 13.0. The number of aromatic nitrogens is 4. The van der Waals surface area contributed by atoms with Crippen molar-refractivity contribution in [2.24, 2.45) is 5.16 Å². The van der Waals surface area contributed by atoms with Crippen molar-refractivity contribution >= 4 is 69.5 Å². The Morgan fingerprint density at radius 2 is 2.19 bits per heavy atom. The molecule has 2 aromatic heterocycles. The number of carbonyl (C=O) groups excluding carboxylic acids is 2. The average Bonchev–Trinajstić information content (AvgIpc) is 3.53. The Morgan fingerprint density at radius 3 is 2.81 bits per heavy atom. The number of fused-ring (bicyclic) bond motifs is 1. The molecule has 2 aliphatic heterocycles. The topological polar surface area (TPSA) is 226 Å². The first-order chi connectivity index (χ1) is 17.7. The SMILES string of the molecule is C[C@H](O/N=C(\C(=O)N[C@@H]1C(=O)N2C(C(=O)O)=C(SCSc3cn[nH]n3)CC[C@H]12)c1csc(N)n1)C(=O)O. The lowest BCUT2D eigenvalue weighted by molar-refractivity contribution is -0.155. The minimum Gasteiger partial charge on any atom is -0.478 e. The third kappa shape index (κ3) is 5.70. The van der Waals surface area contributed by atoms with Crippen molar-refractivity contribution in [2.45, 2.75) is 43.0 Å². The second kappa shape index (κ2) is 11.2. The number of carbonyl (C=O) groups is 4. The lowest BCUT2D eigenvalue weighted by atomic mass is 9.86. The van der Waals surface area contributed by atoms with Crippen molar-refractivity contribution < 1.29 is 34.2 Å². The Morgan fingerprint density at radius 1 is 1.41 bits per heavy atom. The molecule has 2 aliphatic rings. The van der Waals surface area contributed by atoms with Crippen LogP contribution in [-0.2, 0) is 24.0 Å². The lowest BCUT2D eigenvalue weighted by Crippen LogP contribution is -2.72. The van der Waals surface area contributed by atoms with Gasteiger partial charge in [0.1, 0.15) is 22.5 Å². The number of β-lactam (4-membered cyclic amide) rings is 1. The van der Waals surface area contributed by atoms with Gasteiger partial charge in [0.2, 0.25) is 6.10 Å². The number of rotatable bonds is 11. The van der Waals surface area contributed by atoms with Crippen LogP contribution in [0.1, 0.15) is 25.5 Å². The highest BCUT2D eigenvalue weighted by atomic mass is 32.2. The molecular weight excluding hydrogens is 548 g/mol. The molecule has 15 nitrogen and oxygen atoms in total. The molecule has 2 amide bonds. The summed E-state index contributed by atoms with van der Waals surface area (Å²) in [6, 6.07) is -1.58. The summed E-state index contributed by atoms with van der Waals surface area (Å²) in [7, 11) is 0. The quantitative estimate of drug-likeness (QED) is 0.0809. The average molecular weight is 569 g/mol. The molecule has 6 N–H and O–H groups in total. The van der Waals surface area contributed by atoms with Gasteiger partial charge in [0.25, 0.3) is 11.8 Å². The van der Waals surface area contributed by atoms with E-state index in [1.165, 1.54) is 40.7 Å². The third-order valence-electron chi connectivity index (χ3n) is 5.34. The van der Waals surface area contributed by atoms with Gasteiger partial charge in [-0.15, -0.1) is 28.2 Å². The molecule has 0 aliphatic carbocycles. The molecule has 0 radical (unpaired) electrons. The Hall–Kier alpha value is -3.64. The van der Waals surface area contributed by atoms with E-state index in [2.05, 4.69) is 30.9 Å². The van der Waals surface area contributed by atoms with E-state index in [9.17, 15) is 24.3 Å². The number of nitrogens with two attached hydrogens (primary N) is 1. The van der Waals surface area contributed by atoms with Gasteiger partial charge < -0.3 is 26.1 Å². The standard InChI is InChI=1S/C19H20N8O7S3/c1-7(17(30)31)34-25-12(8-5-35-19(20)22-8)15(28)23-13-9-2-3-10(14(18(32)33)27(9)16(13)29)36-6-37-11-4-21-26-24-11/h4-5,7,9,13H,2-3,6H2,1H3,(H2,20,22)(H,23,28)(H,30,31)(H,32,33)(H,21,24,26)/b25-12-/t7-,9+,13-/m0/s1. The van der Waals surface area contributed by atoms with E-state index in [0.29, 0.717) is 27.9 Å². The Labute approximate surface area is 220 Å². The number of nitrogens with zero attached hydrogens (tertiary/aromatic N) is 5. The number of thiazole rings is 1. The van der Waals surface area contributed by atoms with Crippen molar-refractivity contribution in [3.63, 3.8) is 0 Å². The van der Waals surface area contributed by atoms with Gasteiger partial charge in [0, 0.05) is 10.3 Å². The van der Waals surface area contributed by atoms with E-state index < -0.39 is 41.9 Å². The number of amides is 2. The molecular formula is C19H20N8O7S3. The number of nitrogens with one attached hydrogen (secondary N) is 2. The van der Waals surface area contributed by atoms with Crippen LogP contribution in [0, 0.1) is 0 Å². The number of H-pyrrole nitrogens is 1. The minimum atomic E-state index is -1.35. The Bertz CT molecular complexity index is 1280. The van der Waals surface area contributed by atoms with Crippen LogP contribution in [0.5, 0.6) is 0 Å². The number of aliphatic carboxylic acids is 2. The zero-order valence-corrected chi connectivity index (χ0v) is 21.4. The maximum atomic E-state index is 13.0. The van der Waals surface area contributed by atoms with Gasteiger partial charge in [0.05, 0.1) is 17.3 Å². The van der Waals surface area contributed by atoms with Gasteiger partial charge >= 0.3 is 11.9 Å². The largest absolute Gasteiger partial charge is 0.478 e. The molecule has 3 atom stereocenters. The number of anilines is 1. The number of aromatic amines is 1. The second-order valence-corrected chi connectivity index (χ2v) is 11.0. The Kier molecular flexibility index (Phi) is 7.98. The molecule has 0 spiro atoms. The maximum Gasteiger partial charge on any atom is 0.353 e. The summed E-state index contributed by atoms with van der Waals surface area (Å²) >= 11 is 3.70. The number of hydrogen-bond donors (Lipinski definition) is 5. The minimum absolute atomic E-state index is 0.0410. The highest BCUT2D eigenvalue weighted by Crippen LogP contribution is 2.42. The van der Waals surface area contributed by atoms with Gasteiger partial charge in [-0.05, 0) is 19.8 Å². The summed E-state index contributed by atoms with van der Waals surface area (Å²) in [5.41, 5.74) is 5.20. The van der Waals surface area contributed by atoms with Crippen molar-refractivity contribution in [1.29, 1.82) is 0 Å². The molecule has 0 aromatic carbocycles. The number of oxime groups is 1. The van der Waals surface area contributed by atoms with Crippen LogP contribution >= 0.6 is 34.9 Å². The van der Waals surface area contributed by atoms with E-state index in [1.807, 2.05) is 0 Å². The fourth-order valence-corrected chi connectivity index (χ4v) is 6.23. The van der Waals surface area contributed by atoms with E-state index in [-0.39, 0.29) is 22.2 Å². The molecule has 0 bridgehead atoms. The van der Waals surface area contributed by atoms with Gasteiger partial charge in [-0.1, -0.05) is 16.9 Å². The molecule has 1 fully saturated rings. The number of allylic oxidation sites excluding steroid dienone is 1. The normalized spacial score (nSPS) is 20.2. The van der Waals surface area contributed by atoms with Crippen LogP contribution in [0.3, 0.4) is 0 Å². The molecule has 18 heteroatoms. The van der Waals surface area contributed by atoms with Crippen LogP contribution in [0.15, 0.2) is 32.4 Å². The van der Waals surface area contributed by atoms with E-state index >= 15 is 0 Å². The monoisotopic (exact) mass is 568 g/mol. The highest BCUT2D eigenvalue weighted by molar-refractivity contribution is 8.17. The van der Waals surface area contributed by atoms with Crippen molar-refractivity contribution in [2.75, 3.05) is 10.8 Å². The summed E-state index contributed by atoms with van der Waals surface area (Å²) < 4.78 is 0. The second-order valence-electron chi connectivity index (χ2n) is 7.65. The first-order valence-corrected chi connectivity index (χ1v) is 13.4. The predicted octanol–water partition coefficient (Wildman–Crippen LogP) is 0.306. The van der Waals surface area contributed by atoms with Gasteiger partial charge in [-0.2, -0.15) is 10.3 Å². The van der Waals surface area contributed by atoms with Crippen LogP contribution in [-0.4, -0.2) is 88.2 Å². The summed E-state index contributed by atoms with van der Waals surface area (Å²) in [6.07, 6.45) is 1.02. The van der Waals surface area contributed by atoms with Crippen molar-refractivity contribution in [3.05, 3.63) is 27.9 Å². The van der Waals surface area contributed by atoms with Crippen LogP contribution in [0.4, 0.5) is 5.13 Å². The molecule has 2 aromatic rings. The number of hydrogen-bond acceptors (Lipinski definition) is 13. The van der Waals surface area contributed by atoms with Crippen molar-refractivity contribution in [3.8, 4) is 0 Å². The molecule has 37 heavy (non-hydrogen) atoms. The van der Waals surface area contributed by atoms with E-state index in [4.69, 9.17) is 15.7 Å². The summed E-state index contributed by atoms with van der Waals surface area (Å²) in [5.74, 6) is -3.97. The molecule has 4 rings (SSSR count). The van der Waals surface area contributed by atoms with Crippen LogP contribution in [0.2, 0.25) is 0 Å². The smallest absolute Gasteiger partial charge is 0.353 e. The number of carboxylic acids is 2. The molecule has 0 unspecified atom stereocenters. The molecule has 1 saturated heterocycles. The number of thioether (sulfide) groups is 2. The Balaban J connectivity index is 1.47. The summed E-state index contributed by atoms with van der Waals surface area (Å²) in [4.78, 5) is 59.7. The zero-order chi connectivity index (χ0) is 26.7. The van der Waals surface area contributed by atoms with E-state index in [1.54, 1.807) is 6.20 Å². The van der Waals surface area contributed by atoms with Gasteiger partial charge in [-0.25, -0.2) is 14.6 Å². The molecule has 0 saturated carbocycles. The fourth-order valence-electron chi connectivity index (χ4n) is 3.58. The summed E-state index contributed by atoms with van der Waals surface area (Å²) in [5, 5.41) is 37.9. The zero-order valence-electron chi connectivity index (χ0n) is 19.0. The first-order valence-electron chi connectivity index (χ1n) is 10.6. The number of nitrogen functional groups attached to an aromatic ring is 1. The molecule has 4 heterocycles. The number of carboxylic acid groups (broad SMARTS) is 2. The van der Waals surface area contributed by atoms with Crippen LogP contribution < -0.4 is 11.1 Å². The highest BCUT2D eigenvalue weighted by Gasteiger charge is 2.53. The molecule has 196 valence electrons. The summed E-state index contributed by atoms with van der Waals surface area (Å²) in [6.45, 7) is 1.23. The first kappa shape index (κ1) is 26.4. The van der Waals surface area contributed by atoms with Crippen molar-refractivity contribution in [1.82, 2.24) is 30.6 Å². The van der Waals surface area contributed by atoms with E-state index in [0.717, 1.165) is 11.3 Å². The van der Waals surface area contributed by atoms with Crippen LogP contribution in [0.25, 0.3) is 0 Å². The fraction of sp³-hybridized carbons (Fsp3) is 0.368. The predicted molar refractivity (Wildman–Crippen MR) is 132 cm³/mol.